The van der Waals surface area contributed by atoms with Gasteiger partial charge in [-0.05, 0) is 29.3 Å². The highest BCUT2D eigenvalue weighted by atomic mass is 19.2. The van der Waals surface area contributed by atoms with Crippen LogP contribution in [0.15, 0.2) is 12.1 Å². The molecule has 1 aromatic carbocycles. The molecule has 0 amide bonds. The zero-order chi connectivity index (χ0) is 13.4. The van der Waals surface area contributed by atoms with Crippen LogP contribution in [0.4, 0.5) is 14.5 Å². The first-order valence-corrected chi connectivity index (χ1v) is 6.19. The van der Waals surface area contributed by atoms with E-state index in [0.29, 0.717) is 11.4 Å². The highest BCUT2D eigenvalue weighted by Gasteiger charge is 2.23. The number of tetrazole rings is 1. The van der Waals surface area contributed by atoms with Crippen molar-refractivity contribution in [3.63, 3.8) is 0 Å². The standard InChI is InChI=1S/C12H13F2N5/c13-9-5-8(11(15)6-10(9)14)12-16-17-18-19(12)7-3-1-2-4-7/h5-7H,1-4,15H2. The molecule has 2 N–H and O–H groups in total. The molecule has 100 valence electrons. The van der Waals surface area contributed by atoms with Crippen molar-refractivity contribution in [2.75, 3.05) is 5.73 Å². The van der Waals surface area contributed by atoms with E-state index in [9.17, 15) is 8.78 Å². The fraction of sp³-hybridized carbons (Fsp3) is 0.417. The second-order valence-corrected chi connectivity index (χ2v) is 4.74. The van der Waals surface area contributed by atoms with Crippen molar-refractivity contribution in [2.24, 2.45) is 0 Å². The summed E-state index contributed by atoms with van der Waals surface area (Å²) in [4.78, 5) is 0. The molecule has 1 heterocycles. The number of hydrogen-bond acceptors (Lipinski definition) is 4. The Labute approximate surface area is 108 Å². The number of benzene rings is 1. The third-order valence-corrected chi connectivity index (χ3v) is 3.50. The topological polar surface area (TPSA) is 69.6 Å². The number of anilines is 1. The first kappa shape index (κ1) is 12.0. The number of nitrogens with zero attached hydrogens (tertiary/aromatic N) is 4. The van der Waals surface area contributed by atoms with E-state index in [1.165, 1.54) is 0 Å². The van der Waals surface area contributed by atoms with Crippen LogP contribution in [0.5, 0.6) is 0 Å². The minimum Gasteiger partial charge on any atom is -0.398 e. The van der Waals surface area contributed by atoms with Gasteiger partial charge in [-0.3, -0.25) is 0 Å². The van der Waals surface area contributed by atoms with Crippen molar-refractivity contribution in [1.29, 1.82) is 0 Å². The molecule has 1 saturated carbocycles. The third-order valence-electron chi connectivity index (χ3n) is 3.50. The molecule has 0 bridgehead atoms. The molecule has 1 fully saturated rings. The molecule has 0 radical (unpaired) electrons. The fourth-order valence-electron chi connectivity index (χ4n) is 2.52. The number of aromatic nitrogens is 4. The average molecular weight is 265 g/mol. The van der Waals surface area contributed by atoms with Gasteiger partial charge in [-0.1, -0.05) is 12.8 Å². The molecule has 1 aliphatic carbocycles. The number of halogens is 2. The van der Waals surface area contributed by atoms with E-state index in [2.05, 4.69) is 15.5 Å². The van der Waals surface area contributed by atoms with Crippen molar-refractivity contribution in [3.05, 3.63) is 23.8 Å². The monoisotopic (exact) mass is 265 g/mol. The summed E-state index contributed by atoms with van der Waals surface area (Å²) < 4.78 is 28.1. The minimum atomic E-state index is -0.971. The van der Waals surface area contributed by atoms with Gasteiger partial charge in [0.05, 0.1) is 6.04 Å². The maximum Gasteiger partial charge on any atom is 0.184 e. The fourth-order valence-corrected chi connectivity index (χ4v) is 2.52. The van der Waals surface area contributed by atoms with Crippen molar-refractivity contribution in [2.45, 2.75) is 31.7 Å². The molecule has 1 aromatic heterocycles. The van der Waals surface area contributed by atoms with Gasteiger partial charge in [0.1, 0.15) is 0 Å². The van der Waals surface area contributed by atoms with Crippen LogP contribution in [0.2, 0.25) is 0 Å². The largest absolute Gasteiger partial charge is 0.398 e. The smallest absolute Gasteiger partial charge is 0.184 e. The maximum absolute atomic E-state index is 13.4. The summed E-state index contributed by atoms with van der Waals surface area (Å²) in [6, 6.07) is 2.21. The molecule has 5 nitrogen and oxygen atoms in total. The summed E-state index contributed by atoms with van der Waals surface area (Å²) >= 11 is 0. The highest BCUT2D eigenvalue weighted by Crippen LogP contribution is 2.33. The van der Waals surface area contributed by atoms with Gasteiger partial charge in [-0.2, -0.15) is 0 Å². The van der Waals surface area contributed by atoms with E-state index in [1.54, 1.807) is 4.68 Å². The van der Waals surface area contributed by atoms with Crippen LogP contribution < -0.4 is 5.73 Å². The van der Waals surface area contributed by atoms with Gasteiger partial charge >= 0.3 is 0 Å². The van der Waals surface area contributed by atoms with Crippen LogP contribution in [-0.4, -0.2) is 20.2 Å². The molecule has 7 heteroatoms. The Morgan fingerprint density at radius 3 is 2.58 bits per heavy atom. The zero-order valence-electron chi connectivity index (χ0n) is 10.2. The number of nitrogens with two attached hydrogens (primary N) is 1. The second-order valence-electron chi connectivity index (χ2n) is 4.74. The first-order valence-electron chi connectivity index (χ1n) is 6.19. The molecule has 0 spiro atoms. The van der Waals surface area contributed by atoms with Gasteiger partial charge in [0, 0.05) is 17.3 Å². The summed E-state index contributed by atoms with van der Waals surface area (Å²) in [5.41, 5.74) is 6.20. The summed E-state index contributed by atoms with van der Waals surface area (Å²) in [6.07, 6.45) is 4.22. The lowest BCUT2D eigenvalue weighted by molar-refractivity contribution is 0.458. The molecule has 1 aliphatic rings. The van der Waals surface area contributed by atoms with E-state index in [0.717, 1.165) is 37.8 Å². The molecular formula is C12H13F2N5. The van der Waals surface area contributed by atoms with Gasteiger partial charge in [0.2, 0.25) is 0 Å². The molecule has 3 rings (SSSR count). The number of nitrogen functional groups attached to an aromatic ring is 1. The van der Waals surface area contributed by atoms with Gasteiger partial charge in [0.25, 0.3) is 0 Å². The van der Waals surface area contributed by atoms with Gasteiger partial charge < -0.3 is 5.73 Å². The van der Waals surface area contributed by atoms with Gasteiger partial charge in [-0.25, -0.2) is 13.5 Å². The predicted octanol–water partition coefficient (Wildman–Crippen LogP) is 2.32. The Kier molecular flexibility index (Phi) is 2.88. The summed E-state index contributed by atoms with van der Waals surface area (Å²) in [5, 5.41) is 11.5. The quantitative estimate of drug-likeness (QED) is 0.846. The zero-order valence-corrected chi connectivity index (χ0v) is 10.2. The first-order chi connectivity index (χ1) is 9.16. The Morgan fingerprint density at radius 2 is 1.84 bits per heavy atom. The van der Waals surface area contributed by atoms with Crippen LogP contribution in [0.25, 0.3) is 11.4 Å². The summed E-state index contributed by atoms with van der Waals surface area (Å²) in [7, 11) is 0. The molecule has 0 saturated heterocycles. The van der Waals surface area contributed by atoms with Crippen molar-refractivity contribution < 1.29 is 8.78 Å². The van der Waals surface area contributed by atoms with Crippen molar-refractivity contribution in [1.82, 2.24) is 20.2 Å². The lowest BCUT2D eigenvalue weighted by Gasteiger charge is -2.12. The number of hydrogen-bond donors (Lipinski definition) is 1. The third kappa shape index (κ3) is 2.05. The Balaban J connectivity index is 2.07. The van der Waals surface area contributed by atoms with Gasteiger partial charge in [0.15, 0.2) is 17.5 Å². The van der Waals surface area contributed by atoms with E-state index in [-0.39, 0.29) is 11.7 Å². The predicted molar refractivity (Wildman–Crippen MR) is 65.1 cm³/mol. The SMILES string of the molecule is Nc1cc(F)c(F)cc1-c1nnnn1C1CCCC1. The Hall–Kier alpha value is -2.05. The van der Waals surface area contributed by atoms with E-state index in [1.807, 2.05) is 0 Å². The van der Waals surface area contributed by atoms with Crippen molar-refractivity contribution in [3.8, 4) is 11.4 Å². The summed E-state index contributed by atoms with van der Waals surface area (Å²) in [6.45, 7) is 0. The minimum absolute atomic E-state index is 0.132. The molecular weight excluding hydrogens is 252 g/mol. The Bertz CT molecular complexity index is 604. The molecule has 0 atom stereocenters. The average Bonchev–Trinajstić information content (AvgIpc) is 3.03. The maximum atomic E-state index is 13.4. The van der Waals surface area contributed by atoms with E-state index in [4.69, 9.17) is 5.73 Å². The van der Waals surface area contributed by atoms with Crippen molar-refractivity contribution >= 4 is 5.69 Å². The normalized spacial score (nSPS) is 16.1. The molecule has 0 aliphatic heterocycles. The summed E-state index contributed by atoms with van der Waals surface area (Å²) in [5.74, 6) is -1.53. The molecule has 0 unspecified atom stereocenters. The van der Waals surface area contributed by atoms with Crippen LogP contribution in [0.3, 0.4) is 0 Å². The Morgan fingerprint density at radius 1 is 1.16 bits per heavy atom. The second kappa shape index (κ2) is 4.56. The number of rotatable bonds is 2. The van der Waals surface area contributed by atoms with Crippen LogP contribution in [0, 0.1) is 11.6 Å². The molecule has 2 aromatic rings. The highest BCUT2D eigenvalue weighted by molar-refractivity contribution is 5.71. The molecule has 19 heavy (non-hydrogen) atoms. The van der Waals surface area contributed by atoms with Crippen LogP contribution in [-0.2, 0) is 0 Å². The van der Waals surface area contributed by atoms with E-state index >= 15 is 0 Å². The van der Waals surface area contributed by atoms with Gasteiger partial charge in [-0.15, -0.1) is 5.10 Å². The van der Waals surface area contributed by atoms with E-state index < -0.39 is 11.6 Å². The van der Waals surface area contributed by atoms with Crippen LogP contribution in [0.1, 0.15) is 31.7 Å². The lowest BCUT2D eigenvalue weighted by Crippen LogP contribution is -2.10. The van der Waals surface area contributed by atoms with Crippen LogP contribution >= 0.6 is 0 Å². The lowest BCUT2D eigenvalue weighted by atomic mass is 10.1.